The average Bonchev–Trinajstić information content (AvgIpc) is 1.86. The predicted octanol–water partition coefficient (Wildman–Crippen LogP) is 1.02. The molecule has 1 N–H and O–H groups in total. The third-order valence-corrected chi connectivity index (χ3v) is 2.21. The second-order valence-electron chi connectivity index (χ2n) is 3.00. The molecule has 1 saturated carbocycles. The zero-order chi connectivity index (χ0) is 7.40. The summed E-state index contributed by atoms with van der Waals surface area (Å²) in [5.74, 6) is 0.880. The van der Waals surface area contributed by atoms with Crippen LogP contribution < -0.4 is 5.32 Å². The van der Waals surface area contributed by atoms with Crippen LogP contribution in [0.5, 0.6) is 0 Å². The molecule has 0 unspecified atom stereocenters. The van der Waals surface area contributed by atoms with Crippen LogP contribution in [0, 0.1) is 5.92 Å². The maximum atomic E-state index is 5.17. The van der Waals surface area contributed by atoms with Gasteiger partial charge in [-0.2, -0.15) is 0 Å². The smallest absolute Gasteiger partial charge is 0.0577 e. The molecule has 0 spiro atoms. The molecule has 0 aromatic carbocycles. The molecule has 60 valence electrons. The van der Waals surface area contributed by atoms with E-state index in [9.17, 15) is 0 Å². The fourth-order valence-corrected chi connectivity index (χ4v) is 1.38. The van der Waals surface area contributed by atoms with Crippen LogP contribution in [0.15, 0.2) is 0 Å². The van der Waals surface area contributed by atoms with Gasteiger partial charge in [0.15, 0.2) is 0 Å². The first-order chi connectivity index (χ1) is 4.86. The van der Waals surface area contributed by atoms with Crippen LogP contribution in [0.2, 0.25) is 0 Å². The Hall–Kier alpha value is -0.0800. The van der Waals surface area contributed by atoms with Gasteiger partial charge in [-0.05, 0) is 31.8 Å². The summed E-state index contributed by atoms with van der Waals surface area (Å²) in [7, 11) is 1.80. The minimum Gasteiger partial charge on any atom is -0.381 e. The molecule has 0 bridgehead atoms. The van der Waals surface area contributed by atoms with E-state index in [1.807, 2.05) is 0 Å². The topological polar surface area (TPSA) is 21.3 Å². The van der Waals surface area contributed by atoms with Crippen LogP contribution in [0.1, 0.15) is 19.8 Å². The molecule has 0 amide bonds. The molecule has 1 aliphatic rings. The largest absolute Gasteiger partial charge is 0.381 e. The summed E-state index contributed by atoms with van der Waals surface area (Å²) >= 11 is 0. The first kappa shape index (κ1) is 8.02. The second kappa shape index (κ2) is 3.94. The Morgan fingerprint density at radius 2 is 2.20 bits per heavy atom. The van der Waals surface area contributed by atoms with E-state index in [1.54, 1.807) is 7.11 Å². The first-order valence-corrected chi connectivity index (χ1v) is 4.10. The molecule has 0 radical (unpaired) electrons. The van der Waals surface area contributed by atoms with Crippen molar-refractivity contribution in [3.8, 4) is 0 Å². The van der Waals surface area contributed by atoms with Gasteiger partial charge < -0.3 is 10.1 Å². The third-order valence-electron chi connectivity index (χ3n) is 2.21. The normalized spacial score (nSPS) is 31.8. The molecule has 0 aromatic rings. The zero-order valence-corrected chi connectivity index (χ0v) is 6.89. The zero-order valence-electron chi connectivity index (χ0n) is 6.89. The standard InChI is InChI=1S/C8H17NO/c1-3-9-6-7-4-8(5-7)10-2/h7-9H,3-6H2,1-2H3/t7-,8-. The van der Waals surface area contributed by atoms with Crippen molar-refractivity contribution in [2.24, 2.45) is 5.92 Å². The van der Waals surface area contributed by atoms with Gasteiger partial charge in [0.05, 0.1) is 6.10 Å². The predicted molar refractivity (Wildman–Crippen MR) is 42.1 cm³/mol. The molecule has 0 heterocycles. The van der Waals surface area contributed by atoms with E-state index in [2.05, 4.69) is 12.2 Å². The van der Waals surface area contributed by atoms with Crippen molar-refractivity contribution in [1.29, 1.82) is 0 Å². The molecule has 2 heteroatoms. The van der Waals surface area contributed by atoms with Gasteiger partial charge in [-0.1, -0.05) is 6.92 Å². The van der Waals surface area contributed by atoms with Crippen molar-refractivity contribution in [1.82, 2.24) is 5.32 Å². The maximum absolute atomic E-state index is 5.17. The van der Waals surface area contributed by atoms with E-state index in [1.165, 1.54) is 19.4 Å². The summed E-state index contributed by atoms with van der Waals surface area (Å²) < 4.78 is 5.17. The van der Waals surface area contributed by atoms with Crippen LogP contribution in [-0.4, -0.2) is 26.3 Å². The molecular formula is C8H17NO. The highest BCUT2D eigenvalue weighted by atomic mass is 16.5. The SMILES string of the molecule is CCNC[C@H]1C[C@H](OC)C1. The molecule has 0 saturated heterocycles. The van der Waals surface area contributed by atoms with Crippen LogP contribution in [-0.2, 0) is 4.74 Å². The number of hydrogen-bond donors (Lipinski definition) is 1. The minimum absolute atomic E-state index is 0.559. The number of rotatable bonds is 4. The van der Waals surface area contributed by atoms with Crippen LogP contribution in [0.25, 0.3) is 0 Å². The van der Waals surface area contributed by atoms with Crippen LogP contribution in [0.4, 0.5) is 0 Å². The van der Waals surface area contributed by atoms with Gasteiger partial charge in [0, 0.05) is 7.11 Å². The Morgan fingerprint density at radius 1 is 1.50 bits per heavy atom. The van der Waals surface area contributed by atoms with Gasteiger partial charge in [0.2, 0.25) is 0 Å². The highest BCUT2D eigenvalue weighted by Gasteiger charge is 2.27. The van der Waals surface area contributed by atoms with Gasteiger partial charge in [-0.25, -0.2) is 0 Å². The quantitative estimate of drug-likeness (QED) is 0.634. The van der Waals surface area contributed by atoms with Gasteiger partial charge in [0.1, 0.15) is 0 Å². The maximum Gasteiger partial charge on any atom is 0.0577 e. The first-order valence-electron chi connectivity index (χ1n) is 4.10. The molecule has 1 aliphatic carbocycles. The summed E-state index contributed by atoms with van der Waals surface area (Å²) in [4.78, 5) is 0. The molecule has 1 rings (SSSR count). The van der Waals surface area contributed by atoms with Crippen molar-refractivity contribution in [2.45, 2.75) is 25.9 Å². The van der Waals surface area contributed by atoms with Crippen molar-refractivity contribution in [3.05, 3.63) is 0 Å². The lowest BCUT2D eigenvalue weighted by Crippen LogP contribution is -2.37. The lowest BCUT2D eigenvalue weighted by molar-refractivity contribution is 0.00179. The monoisotopic (exact) mass is 143 g/mol. The van der Waals surface area contributed by atoms with E-state index < -0.39 is 0 Å². The van der Waals surface area contributed by atoms with Crippen LogP contribution >= 0.6 is 0 Å². The Kier molecular flexibility index (Phi) is 3.16. The Bertz CT molecular complexity index is 86.5. The fourth-order valence-electron chi connectivity index (χ4n) is 1.38. The summed E-state index contributed by atoms with van der Waals surface area (Å²) in [5.41, 5.74) is 0. The average molecular weight is 143 g/mol. The fraction of sp³-hybridized carbons (Fsp3) is 1.00. The highest BCUT2D eigenvalue weighted by Crippen LogP contribution is 2.28. The molecule has 10 heavy (non-hydrogen) atoms. The highest BCUT2D eigenvalue weighted by molar-refractivity contribution is 4.80. The third kappa shape index (κ3) is 1.96. The van der Waals surface area contributed by atoms with Gasteiger partial charge in [-0.3, -0.25) is 0 Å². The number of methoxy groups -OCH3 is 1. The number of ether oxygens (including phenoxy) is 1. The van der Waals surface area contributed by atoms with E-state index in [-0.39, 0.29) is 0 Å². The summed E-state index contributed by atoms with van der Waals surface area (Å²) in [6, 6.07) is 0. The second-order valence-corrected chi connectivity index (χ2v) is 3.00. The van der Waals surface area contributed by atoms with Gasteiger partial charge in [0.25, 0.3) is 0 Å². The molecule has 0 aromatic heterocycles. The Balaban J connectivity index is 1.93. The number of hydrogen-bond acceptors (Lipinski definition) is 2. The van der Waals surface area contributed by atoms with Crippen molar-refractivity contribution in [3.63, 3.8) is 0 Å². The minimum atomic E-state index is 0.559. The molecule has 0 aliphatic heterocycles. The van der Waals surface area contributed by atoms with Crippen molar-refractivity contribution in [2.75, 3.05) is 20.2 Å². The van der Waals surface area contributed by atoms with E-state index in [0.717, 1.165) is 12.5 Å². The summed E-state index contributed by atoms with van der Waals surface area (Å²) in [5, 5.41) is 3.34. The van der Waals surface area contributed by atoms with E-state index in [4.69, 9.17) is 4.74 Å². The van der Waals surface area contributed by atoms with Gasteiger partial charge in [-0.15, -0.1) is 0 Å². The van der Waals surface area contributed by atoms with Crippen LogP contribution in [0.3, 0.4) is 0 Å². The van der Waals surface area contributed by atoms with E-state index >= 15 is 0 Å². The number of nitrogens with one attached hydrogen (secondary N) is 1. The molecule has 2 nitrogen and oxygen atoms in total. The van der Waals surface area contributed by atoms with Gasteiger partial charge >= 0.3 is 0 Å². The lowest BCUT2D eigenvalue weighted by Gasteiger charge is -2.34. The lowest BCUT2D eigenvalue weighted by atomic mass is 9.82. The van der Waals surface area contributed by atoms with Crippen molar-refractivity contribution < 1.29 is 4.74 Å². The summed E-state index contributed by atoms with van der Waals surface area (Å²) in [6.45, 7) is 4.41. The van der Waals surface area contributed by atoms with E-state index in [0.29, 0.717) is 6.10 Å². The molecular weight excluding hydrogens is 126 g/mol. The molecule has 1 fully saturated rings. The van der Waals surface area contributed by atoms with Crippen molar-refractivity contribution >= 4 is 0 Å². The Labute approximate surface area is 63.0 Å². The molecule has 0 atom stereocenters. The summed E-state index contributed by atoms with van der Waals surface area (Å²) in [6.07, 6.45) is 3.07. The Morgan fingerprint density at radius 3 is 2.70 bits per heavy atom.